The molecule has 2 aromatic rings. The third-order valence-corrected chi connectivity index (χ3v) is 10.1. The maximum atomic E-state index is 13.7. The van der Waals surface area contributed by atoms with Crippen LogP contribution in [0.25, 0.3) is 0 Å². The van der Waals surface area contributed by atoms with Gasteiger partial charge in [-0.25, -0.2) is 21.6 Å². The Hall–Kier alpha value is -2.10. The molecular formula is C24H25ClF3NO4S. The van der Waals surface area contributed by atoms with E-state index < -0.39 is 44.0 Å². The summed E-state index contributed by atoms with van der Waals surface area (Å²) in [6, 6.07) is 4.97. The number of carbonyl (C=O) groups is 1. The van der Waals surface area contributed by atoms with Gasteiger partial charge in [0, 0.05) is 23.4 Å². The van der Waals surface area contributed by atoms with Crippen LogP contribution in [0.2, 0.25) is 5.02 Å². The van der Waals surface area contributed by atoms with Gasteiger partial charge in [0.25, 0.3) is 5.91 Å². The highest BCUT2D eigenvalue weighted by Gasteiger charge is 2.55. The second-order valence-electron chi connectivity index (χ2n) is 9.63. The van der Waals surface area contributed by atoms with Crippen LogP contribution < -0.4 is 5.32 Å². The van der Waals surface area contributed by atoms with Gasteiger partial charge in [0.2, 0.25) is 0 Å². The molecule has 34 heavy (non-hydrogen) atoms. The number of benzene rings is 2. The molecule has 2 saturated carbocycles. The Bertz CT molecular complexity index is 1210. The first kappa shape index (κ1) is 25.0. The minimum atomic E-state index is -3.95. The standard InChI is InChI=1S/C24H25ClF3NO4S/c1-12(2)24(31)10-14-3-4-15(11-24)22(14)34(32,33)20-7-13(5-6-17(20)25)23(30)29-16-8-18(26)21(28)19(27)9-16/h5-9,12,14-15,22,31H,3-4,10-11H2,1-2H3,(H,29,30)/t14-,15?,22?,24?/m0/s1. The minimum Gasteiger partial charge on any atom is -0.390 e. The molecule has 2 aliphatic rings. The third-order valence-electron chi connectivity index (χ3n) is 7.24. The van der Waals surface area contributed by atoms with Crippen molar-refractivity contribution in [3.8, 4) is 0 Å². The van der Waals surface area contributed by atoms with Crippen molar-refractivity contribution < 1.29 is 31.5 Å². The second kappa shape index (κ2) is 8.84. The lowest BCUT2D eigenvalue weighted by molar-refractivity contribution is -0.0566. The third kappa shape index (κ3) is 4.33. The Morgan fingerprint density at radius 1 is 1.09 bits per heavy atom. The summed E-state index contributed by atoms with van der Waals surface area (Å²) in [5.41, 5.74) is -1.32. The number of hydrogen-bond acceptors (Lipinski definition) is 4. The van der Waals surface area contributed by atoms with Gasteiger partial charge >= 0.3 is 0 Å². The van der Waals surface area contributed by atoms with E-state index in [1.807, 2.05) is 13.8 Å². The summed E-state index contributed by atoms with van der Waals surface area (Å²) in [4.78, 5) is 12.5. The summed E-state index contributed by atoms with van der Waals surface area (Å²) in [6.07, 6.45) is 2.13. The molecule has 5 nitrogen and oxygen atoms in total. The number of aliphatic hydroxyl groups is 1. The van der Waals surface area contributed by atoms with E-state index in [1.54, 1.807) is 0 Å². The molecule has 0 spiro atoms. The van der Waals surface area contributed by atoms with E-state index >= 15 is 0 Å². The Balaban J connectivity index is 1.63. The predicted molar refractivity (Wildman–Crippen MR) is 122 cm³/mol. The highest BCUT2D eigenvalue weighted by molar-refractivity contribution is 7.92. The quantitative estimate of drug-likeness (QED) is 0.525. The fraction of sp³-hybridized carbons (Fsp3) is 0.458. The molecule has 0 radical (unpaired) electrons. The topological polar surface area (TPSA) is 83.5 Å². The lowest BCUT2D eigenvalue weighted by atomic mass is 9.72. The van der Waals surface area contributed by atoms with Crippen LogP contribution in [-0.2, 0) is 9.84 Å². The van der Waals surface area contributed by atoms with Crippen LogP contribution in [0.15, 0.2) is 35.2 Å². The molecular weight excluding hydrogens is 491 g/mol. The number of hydrogen-bond donors (Lipinski definition) is 2. The van der Waals surface area contributed by atoms with Crippen LogP contribution in [0.4, 0.5) is 18.9 Å². The molecule has 0 saturated heterocycles. The number of fused-ring (bicyclic) bond motifs is 2. The van der Waals surface area contributed by atoms with E-state index in [-0.39, 0.29) is 38.9 Å². The number of nitrogens with one attached hydrogen (secondary N) is 1. The van der Waals surface area contributed by atoms with Gasteiger partial charge in [-0.15, -0.1) is 0 Å². The summed E-state index contributed by atoms with van der Waals surface area (Å²) >= 11 is 6.25. The van der Waals surface area contributed by atoms with Crippen LogP contribution >= 0.6 is 11.6 Å². The first-order valence-corrected chi connectivity index (χ1v) is 13.0. The summed E-state index contributed by atoms with van der Waals surface area (Å²) < 4.78 is 67.5. The van der Waals surface area contributed by atoms with Crippen molar-refractivity contribution in [2.24, 2.45) is 17.8 Å². The molecule has 2 bridgehead atoms. The number of sulfone groups is 1. The fourth-order valence-corrected chi connectivity index (χ4v) is 8.23. The number of carbonyl (C=O) groups excluding carboxylic acids is 1. The monoisotopic (exact) mass is 515 g/mol. The summed E-state index contributed by atoms with van der Waals surface area (Å²) in [7, 11) is -3.95. The lowest BCUT2D eigenvalue weighted by Gasteiger charge is -2.43. The number of amides is 1. The van der Waals surface area contributed by atoms with Crippen molar-refractivity contribution in [3.05, 3.63) is 58.4 Å². The SMILES string of the molecule is CC(C)C1(O)CC2CC[C@@H](C1)C2S(=O)(=O)c1cc(C(=O)Nc2cc(F)c(F)c(F)c2)ccc1Cl. The van der Waals surface area contributed by atoms with Gasteiger partial charge in [0.05, 0.1) is 20.8 Å². The van der Waals surface area contributed by atoms with Gasteiger partial charge in [-0.05, 0) is 61.6 Å². The minimum absolute atomic E-state index is 0.00370. The van der Waals surface area contributed by atoms with Gasteiger partial charge in [-0.1, -0.05) is 25.4 Å². The van der Waals surface area contributed by atoms with E-state index in [1.165, 1.54) is 12.1 Å². The molecule has 4 atom stereocenters. The van der Waals surface area contributed by atoms with Gasteiger partial charge in [0.15, 0.2) is 27.3 Å². The van der Waals surface area contributed by atoms with Crippen molar-refractivity contribution in [2.75, 3.05) is 5.32 Å². The van der Waals surface area contributed by atoms with Gasteiger partial charge in [-0.2, -0.15) is 0 Å². The molecule has 1 amide bonds. The lowest BCUT2D eigenvalue weighted by Crippen LogP contribution is -2.48. The molecule has 3 unspecified atom stereocenters. The van der Waals surface area contributed by atoms with Crippen LogP contribution in [0, 0.1) is 35.2 Å². The van der Waals surface area contributed by atoms with Crippen LogP contribution in [0.1, 0.15) is 49.9 Å². The maximum Gasteiger partial charge on any atom is 0.255 e. The average Bonchev–Trinajstić information content (AvgIpc) is 3.05. The first-order valence-electron chi connectivity index (χ1n) is 11.0. The molecule has 0 aliphatic heterocycles. The Morgan fingerprint density at radius 2 is 1.65 bits per heavy atom. The molecule has 2 aromatic carbocycles. The highest BCUT2D eigenvalue weighted by Crippen LogP contribution is 2.53. The zero-order valence-electron chi connectivity index (χ0n) is 18.6. The van der Waals surface area contributed by atoms with Crippen molar-refractivity contribution in [3.63, 3.8) is 0 Å². The average molecular weight is 516 g/mol. The number of halogens is 4. The Labute approximate surface area is 201 Å². The zero-order chi connectivity index (χ0) is 25.0. The zero-order valence-corrected chi connectivity index (χ0v) is 20.2. The van der Waals surface area contributed by atoms with Crippen molar-refractivity contribution >= 4 is 33.0 Å². The van der Waals surface area contributed by atoms with Crippen molar-refractivity contribution in [1.29, 1.82) is 0 Å². The smallest absolute Gasteiger partial charge is 0.255 e. The van der Waals surface area contributed by atoms with Gasteiger partial charge < -0.3 is 10.4 Å². The Morgan fingerprint density at radius 3 is 2.18 bits per heavy atom. The molecule has 0 heterocycles. The molecule has 2 N–H and O–H groups in total. The molecule has 2 aliphatic carbocycles. The molecule has 0 aromatic heterocycles. The molecule has 184 valence electrons. The van der Waals surface area contributed by atoms with E-state index in [4.69, 9.17) is 11.6 Å². The normalized spacial score (nSPS) is 26.6. The maximum absolute atomic E-state index is 13.7. The summed E-state index contributed by atoms with van der Waals surface area (Å²) in [5, 5.41) is 12.5. The Kier molecular flexibility index (Phi) is 6.50. The van der Waals surface area contributed by atoms with Crippen LogP contribution in [0.3, 0.4) is 0 Å². The largest absolute Gasteiger partial charge is 0.390 e. The van der Waals surface area contributed by atoms with E-state index in [2.05, 4.69) is 5.32 Å². The molecule has 2 fully saturated rings. The van der Waals surface area contributed by atoms with E-state index in [9.17, 15) is 31.5 Å². The van der Waals surface area contributed by atoms with E-state index in [0.29, 0.717) is 37.8 Å². The van der Waals surface area contributed by atoms with E-state index in [0.717, 1.165) is 6.07 Å². The fourth-order valence-electron chi connectivity index (χ4n) is 5.39. The summed E-state index contributed by atoms with van der Waals surface area (Å²) in [6.45, 7) is 3.85. The van der Waals surface area contributed by atoms with Crippen LogP contribution in [-0.4, -0.2) is 30.3 Å². The molecule has 4 rings (SSSR count). The van der Waals surface area contributed by atoms with Crippen LogP contribution in [0.5, 0.6) is 0 Å². The summed E-state index contributed by atoms with van der Waals surface area (Å²) in [5.74, 6) is -5.89. The van der Waals surface area contributed by atoms with Gasteiger partial charge in [0.1, 0.15) is 0 Å². The predicted octanol–water partition coefficient (Wildman–Crippen LogP) is 5.36. The van der Waals surface area contributed by atoms with Gasteiger partial charge in [-0.3, -0.25) is 4.79 Å². The number of anilines is 1. The number of rotatable bonds is 5. The first-order chi connectivity index (χ1) is 15.8. The highest BCUT2D eigenvalue weighted by atomic mass is 35.5. The van der Waals surface area contributed by atoms with Crippen molar-refractivity contribution in [1.82, 2.24) is 0 Å². The molecule has 10 heteroatoms. The second-order valence-corrected chi connectivity index (χ2v) is 12.1. The van der Waals surface area contributed by atoms with Crippen molar-refractivity contribution in [2.45, 2.75) is 55.3 Å².